The Hall–Kier alpha value is -1.78. The molecule has 1 aromatic heterocycles. The lowest BCUT2D eigenvalue weighted by atomic mass is 10.4. The van der Waals surface area contributed by atoms with Crippen molar-refractivity contribution in [1.82, 2.24) is 0 Å². The molecule has 0 aliphatic carbocycles. The quantitative estimate of drug-likeness (QED) is 0.637. The number of methoxy groups -OCH3 is 2. The summed E-state index contributed by atoms with van der Waals surface area (Å²) >= 11 is 0. The van der Waals surface area contributed by atoms with Gasteiger partial charge in [-0.25, -0.2) is 9.59 Å². The van der Waals surface area contributed by atoms with Gasteiger partial charge >= 0.3 is 11.9 Å². The van der Waals surface area contributed by atoms with Crippen LogP contribution in [0.3, 0.4) is 0 Å². The van der Waals surface area contributed by atoms with Gasteiger partial charge < -0.3 is 13.9 Å². The van der Waals surface area contributed by atoms with Crippen LogP contribution in [0.5, 0.6) is 0 Å². The molecule has 1 rings (SSSR count). The molecule has 0 aliphatic rings. The molecular formula is C8H8O5. The van der Waals surface area contributed by atoms with Crippen LogP contribution in [0.1, 0.15) is 21.1 Å². The van der Waals surface area contributed by atoms with E-state index in [-0.39, 0.29) is 11.5 Å². The first-order valence-corrected chi connectivity index (χ1v) is 3.45. The minimum Gasteiger partial charge on any atom is -0.463 e. The van der Waals surface area contributed by atoms with Gasteiger partial charge in [0.1, 0.15) is 0 Å². The van der Waals surface area contributed by atoms with Crippen LogP contribution in [0.15, 0.2) is 16.5 Å². The van der Waals surface area contributed by atoms with E-state index in [2.05, 4.69) is 9.47 Å². The van der Waals surface area contributed by atoms with Gasteiger partial charge in [-0.3, -0.25) is 0 Å². The number of hydrogen-bond acceptors (Lipinski definition) is 5. The molecular weight excluding hydrogens is 176 g/mol. The molecule has 0 N–H and O–H groups in total. The summed E-state index contributed by atoms with van der Waals surface area (Å²) in [5.74, 6) is -1.31. The molecule has 5 heteroatoms. The normalized spacial score (nSPS) is 9.38. The highest BCUT2D eigenvalue weighted by atomic mass is 16.5. The maximum atomic E-state index is 10.9. The van der Waals surface area contributed by atoms with Gasteiger partial charge in [-0.15, -0.1) is 0 Å². The van der Waals surface area contributed by atoms with Crippen molar-refractivity contribution in [3.05, 3.63) is 23.7 Å². The Kier molecular flexibility index (Phi) is 2.69. The highest BCUT2D eigenvalue weighted by Gasteiger charge is 2.15. The Bertz CT molecular complexity index is 295. The fraction of sp³-hybridized carbons (Fsp3) is 0.250. The zero-order chi connectivity index (χ0) is 9.84. The molecule has 70 valence electrons. The van der Waals surface area contributed by atoms with Crippen LogP contribution in [-0.4, -0.2) is 26.2 Å². The molecule has 0 aliphatic heterocycles. The van der Waals surface area contributed by atoms with Crippen LogP contribution < -0.4 is 0 Å². The average Bonchev–Trinajstić information content (AvgIpc) is 2.64. The Morgan fingerprint density at radius 1 is 1.08 bits per heavy atom. The van der Waals surface area contributed by atoms with E-state index < -0.39 is 11.9 Å². The minimum atomic E-state index is -0.629. The van der Waals surface area contributed by atoms with Crippen LogP contribution >= 0.6 is 0 Å². The number of carbonyl (C=O) groups excluding carboxylic acids is 2. The zero-order valence-corrected chi connectivity index (χ0v) is 7.20. The van der Waals surface area contributed by atoms with Gasteiger partial charge in [-0.2, -0.15) is 0 Å². The van der Waals surface area contributed by atoms with E-state index in [1.54, 1.807) is 0 Å². The Labute approximate surface area is 74.2 Å². The fourth-order valence-electron chi connectivity index (χ4n) is 0.758. The van der Waals surface area contributed by atoms with Gasteiger partial charge in [0.2, 0.25) is 11.5 Å². The van der Waals surface area contributed by atoms with Crippen LogP contribution in [0.25, 0.3) is 0 Å². The summed E-state index contributed by atoms with van der Waals surface area (Å²) in [7, 11) is 2.45. The van der Waals surface area contributed by atoms with E-state index in [0.29, 0.717) is 0 Å². The first-order chi connectivity index (χ1) is 6.19. The molecule has 0 bridgehead atoms. The van der Waals surface area contributed by atoms with Gasteiger partial charge in [-0.05, 0) is 12.1 Å². The van der Waals surface area contributed by atoms with E-state index >= 15 is 0 Å². The predicted molar refractivity (Wildman–Crippen MR) is 41.4 cm³/mol. The first kappa shape index (κ1) is 9.31. The standard InChI is InChI=1S/C8H8O5/c1-11-7(9)5-3-4-6(13-5)8(10)12-2/h3-4H,1-2H3. The maximum Gasteiger partial charge on any atom is 0.373 e. The number of hydrogen-bond donors (Lipinski definition) is 0. The van der Waals surface area contributed by atoms with Crippen LogP contribution in [0.2, 0.25) is 0 Å². The summed E-state index contributed by atoms with van der Waals surface area (Å²) in [5, 5.41) is 0. The van der Waals surface area contributed by atoms with Gasteiger partial charge in [-0.1, -0.05) is 0 Å². The van der Waals surface area contributed by atoms with Crippen molar-refractivity contribution in [3.8, 4) is 0 Å². The highest BCUT2D eigenvalue weighted by molar-refractivity contribution is 5.90. The smallest absolute Gasteiger partial charge is 0.373 e. The second-order valence-corrected chi connectivity index (χ2v) is 2.15. The zero-order valence-electron chi connectivity index (χ0n) is 7.20. The third-order valence-corrected chi connectivity index (χ3v) is 1.38. The Morgan fingerprint density at radius 3 is 1.77 bits per heavy atom. The molecule has 0 saturated heterocycles. The third-order valence-electron chi connectivity index (χ3n) is 1.38. The van der Waals surface area contributed by atoms with Crippen LogP contribution in [-0.2, 0) is 9.47 Å². The lowest BCUT2D eigenvalue weighted by molar-refractivity contribution is 0.0531. The summed E-state index contributed by atoms with van der Waals surface area (Å²) in [4.78, 5) is 21.7. The first-order valence-electron chi connectivity index (χ1n) is 3.45. The fourth-order valence-corrected chi connectivity index (χ4v) is 0.758. The summed E-state index contributed by atoms with van der Waals surface area (Å²) in [5.41, 5.74) is 0. The average molecular weight is 184 g/mol. The van der Waals surface area contributed by atoms with Crippen LogP contribution in [0.4, 0.5) is 0 Å². The van der Waals surface area contributed by atoms with Gasteiger partial charge in [0, 0.05) is 0 Å². The van der Waals surface area contributed by atoms with Crippen molar-refractivity contribution < 1.29 is 23.5 Å². The molecule has 13 heavy (non-hydrogen) atoms. The topological polar surface area (TPSA) is 65.7 Å². The largest absolute Gasteiger partial charge is 0.463 e. The van der Waals surface area contributed by atoms with E-state index in [1.165, 1.54) is 26.4 Å². The number of carbonyl (C=O) groups is 2. The van der Waals surface area contributed by atoms with Gasteiger partial charge in [0.15, 0.2) is 0 Å². The molecule has 0 unspecified atom stereocenters. The van der Waals surface area contributed by atoms with Gasteiger partial charge in [0.25, 0.3) is 0 Å². The molecule has 1 aromatic rings. The van der Waals surface area contributed by atoms with Crippen molar-refractivity contribution in [2.24, 2.45) is 0 Å². The number of esters is 2. The summed E-state index contributed by atoms with van der Waals surface area (Å²) in [6, 6.07) is 2.69. The lowest BCUT2D eigenvalue weighted by Gasteiger charge is -1.93. The number of rotatable bonds is 2. The van der Waals surface area contributed by atoms with Crippen molar-refractivity contribution in [1.29, 1.82) is 0 Å². The molecule has 0 spiro atoms. The molecule has 0 amide bonds. The molecule has 0 atom stereocenters. The van der Waals surface area contributed by atoms with E-state index in [0.717, 1.165) is 0 Å². The summed E-state index contributed by atoms with van der Waals surface area (Å²) in [6.07, 6.45) is 0. The van der Waals surface area contributed by atoms with Gasteiger partial charge in [0.05, 0.1) is 14.2 Å². The van der Waals surface area contributed by atoms with Crippen molar-refractivity contribution in [2.75, 3.05) is 14.2 Å². The number of furan rings is 1. The van der Waals surface area contributed by atoms with E-state index in [1.807, 2.05) is 0 Å². The van der Waals surface area contributed by atoms with E-state index in [9.17, 15) is 9.59 Å². The second-order valence-electron chi connectivity index (χ2n) is 2.15. The van der Waals surface area contributed by atoms with E-state index in [4.69, 9.17) is 4.42 Å². The van der Waals surface area contributed by atoms with Crippen molar-refractivity contribution in [3.63, 3.8) is 0 Å². The summed E-state index contributed by atoms with van der Waals surface area (Å²) in [6.45, 7) is 0. The Morgan fingerprint density at radius 2 is 1.46 bits per heavy atom. The SMILES string of the molecule is COC(=O)c1ccc(C(=O)OC)o1. The molecule has 0 radical (unpaired) electrons. The molecule has 0 fully saturated rings. The van der Waals surface area contributed by atoms with Crippen LogP contribution in [0, 0.1) is 0 Å². The molecule has 0 aromatic carbocycles. The molecule has 0 saturated carbocycles. The minimum absolute atomic E-state index is 0.0251. The molecule has 5 nitrogen and oxygen atoms in total. The van der Waals surface area contributed by atoms with Crippen molar-refractivity contribution in [2.45, 2.75) is 0 Å². The lowest BCUT2D eigenvalue weighted by Crippen LogP contribution is -2.00. The van der Waals surface area contributed by atoms with Crippen molar-refractivity contribution >= 4 is 11.9 Å². The summed E-state index contributed by atoms with van der Waals surface area (Å²) < 4.78 is 13.6. The Balaban J connectivity index is 2.86. The third kappa shape index (κ3) is 1.87. The monoisotopic (exact) mass is 184 g/mol. The molecule has 1 heterocycles. The highest BCUT2D eigenvalue weighted by Crippen LogP contribution is 2.09. The predicted octanol–water partition coefficient (Wildman–Crippen LogP) is 0.853. The second kappa shape index (κ2) is 3.75. The number of ether oxygens (including phenoxy) is 2. The maximum absolute atomic E-state index is 10.9.